The second kappa shape index (κ2) is 7.31. The minimum absolute atomic E-state index is 0.0524. The van der Waals surface area contributed by atoms with Gasteiger partial charge >= 0.3 is 0 Å². The van der Waals surface area contributed by atoms with Crippen LogP contribution in [0.2, 0.25) is 0 Å². The Morgan fingerprint density at radius 2 is 2.10 bits per heavy atom. The number of nitrogen functional groups attached to an aromatic ring is 1. The van der Waals surface area contributed by atoms with Crippen LogP contribution in [0.3, 0.4) is 0 Å². The molecule has 1 heterocycles. The molecule has 1 aromatic carbocycles. The van der Waals surface area contributed by atoms with Gasteiger partial charge in [-0.25, -0.2) is 0 Å². The number of anilines is 2. The average Bonchev–Trinajstić information content (AvgIpc) is 2.47. The van der Waals surface area contributed by atoms with Gasteiger partial charge < -0.3 is 21.3 Å². The zero-order valence-corrected chi connectivity index (χ0v) is 13.0. The van der Waals surface area contributed by atoms with E-state index in [1.165, 1.54) is 12.8 Å². The Hall–Kier alpha value is -1.75. The highest BCUT2D eigenvalue weighted by Crippen LogP contribution is 2.22. The number of rotatable bonds is 5. The predicted molar refractivity (Wildman–Crippen MR) is 87.6 cm³/mol. The molecule has 0 unspecified atom stereocenters. The van der Waals surface area contributed by atoms with Crippen molar-refractivity contribution in [3.8, 4) is 0 Å². The molecule has 1 aromatic rings. The van der Waals surface area contributed by atoms with Crippen molar-refractivity contribution >= 4 is 17.3 Å². The fourth-order valence-electron chi connectivity index (χ4n) is 2.68. The van der Waals surface area contributed by atoms with Crippen molar-refractivity contribution in [3.05, 3.63) is 23.8 Å². The van der Waals surface area contributed by atoms with E-state index in [0.29, 0.717) is 23.7 Å². The molecular formula is C16H26N4O. The van der Waals surface area contributed by atoms with Crippen LogP contribution in [0.15, 0.2) is 18.2 Å². The first-order chi connectivity index (χ1) is 10.1. The molecule has 0 bridgehead atoms. The number of carbonyl (C=O) groups is 1. The summed E-state index contributed by atoms with van der Waals surface area (Å²) in [5, 5.41) is 6.26. The highest BCUT2D eigenvalue weighted by atomic mass is 16.1. The molecule has 0 aromatic heterocycles. The number of nitrogens with two attached hydrogens (primary N) is 1. The lowest BCUT2D eigenvalue weighted by Crippen LogP contribution is -2.33. The topological polar surface area (TPSA) is 70.4 Å². The van der Waals surface area contributed by atoms with Gasteiger partial charge in [0.15, 0.2) is 0 Å². The van der Waals surface area contributed by atoms with Crippen LogP contribution in [-0.2, 0) is 0 Å². The lowest BCUT2D eigenvalue weighted by Gasteiger charge is -2.29. The van der Waals surface area contributed by atoms with Gasteiger partial charge in [-0.2, -0.15) is 0 Å². The molecular weight excluding hydrogens is 264 g/mol. The standard InChI is InChI=1S/C16H26N4O/c1-3-18-16(21)14-5-4-13(17)10-15(14)19-11-12-6-8-20(2)9-7-12/h4-5,10,12,19H,3,6-9,11,17H2,1-2H3,(H,18,21). The van der Waals surface area contributed by atoms with Gasteiger partial charge in [0, 0.05) is 24.5 Å². The first kappa shape index (κ1) is 15.6. The van der Waals surface area contributed by atoms with Crippen molar-refractivity contribution in [2.75, 3.05) is 44.3 Å². The van der Waals surface area contributed by atoms with Crippen LogP contribution in [0.1, 0.15) is 30.1 Å². The predicted octanol–water partition coefficient (Wildman–Crippen LogP) is 1.77. The lowest BCUT2D eigenvalue weighted by molar-refractivity contribution is 0.0956. The van der Waals surface area contributed by atoms with Crippen LogP contribution in [0.25, 0.3) is 0 Å². The molecule has 2 rings (SSSR count). The van der Waals surface area contributed by atoms with E-state index in [9.17, 15) is 4.79 Å². The number of hydrogen-bond acceptors (Lipinski definition) is 4. The number of amides is 1. The molecule has 1 aliphatic heterocycles. The third-order valence-electron chi connectivity index (χ3n) is 4.04. The van der Waals surface area contributed by atoms with Crippen LogP contribution in [0.5, 0.6) is 0 Å². The van der Waals surface area contributed by atoms with E-state index in [0.717, 1.165) is 25.3 Å². The van der Waals surface area contributed by atoms with E-state index in [1.54, 1.807) is 12.1 Å². The van der Waals surface area contributed by atoms with Gasteiger partial charge in [-0.05, 0) is 64.0 Å². The van der Waals surface area contributed by atoms with Gasteiger partial charge in [0.05, 0.1) is 5.56 Å². The summed E-state index contributed by atoms with van der Waals surface area (Å²) in [5.74, 6) is 0.605. The van der Waals surface area contributed by atoms with Crippen molar-refractivity contribution < 1.29 is 4.79 Å². The number of likely N-dealkylation sites (tertiary alicyclic amines) is 1. The molecule has 0 aliphatic carbocycles. The Labute approximate surface area is 126 Å². The number of carbonyl (C=O) groups excluding carboxylic acids is 1. The van der Waals surface area contributed by atoms with Crippen molar-refractivity contribution in [2.45, 2.75) is 19.8 Å². The molecule has 116 valence electrons. The van der Waals surface area contributed by atoms with Crippen LogP contribution in [0.4, 0.5) is 11.4 Å². The summed E-state index contributed by atoms with van der Waals surface area (Å²) in [6.45, 7) is 5.72. The maximum atomic E-state index is 12.1. The normalized spacial score (nSPS) is 16.7. The molecule has 21 heavy (non-hydrogen) atoms. The lowest BCUT2D eigenvalue weighted by atomic mass is 9.97. The van der Waals surface area contributed by atoms with Gasteiger partial charge in [-0.1, -0.05) is 0 Å². The van der Waals surface area contributed by atoms with Gasteiger partial charge in [-0.15, -0.1) is 0 Å². The molecule has 0 spiro atoms. The summed E-state index contributed by atoms with van der Waals surface area (Å²) in [6, 6.07) is 5.40. The number of nitrogens with zero attached hydrogens (tertiary/aromatic N) is 1. The SMILES string of the molecule is CCNC(=O)c1ccc(N)cc1NCC1CCN(C)CC1. The van der Waals surface area contributed by atoms with Crippen LogP contribution < -0.4 is 16.4 Å². The van der Waals surface area contributed by atoms with E-state index >= 15 is 0 Å². The molecule has 1 aliphatic rings. The molecule has 1 saturated heterocycles. The van der Waals surface area contributed by atoms with Gasteiger partial charge in [0.1, 0.15) is 0 Å². The first-order valence-electron chi connectivity index (χ1n) is 7.70. The second-order valence-electron chi connectivity index (χ2n) is 5.79. The summed E-state index contributed by atoms with van der Waals surface area (Å²) in [6.07, 6.45) is 2.39. The highest BCUT2D eigenvalue weighted by molar-refractivity contribution is 6.00. The average molecular weight is 290 g/mol. The Bertz CT molecular complexity index is 481. The zero-order chi connectivity index (χ0) is 15.2. The van der Waals surface area contributed by atoms with Gasteiger partial charge in [-0.3, -0.25) is 4.79 Å². The zero-order valence-electron chi connectivity index (χ0n) is 13.0. The fourth-order valence-corrected chi connectivity index (χ4v) is 2.68. The number of benzene rings is 1. The van der Waals surface area contributed by atoms with E-state index in [4.69, 9.17) is 5.73 Å². The smallest absolute Gasteiger partial charge is 0.253 e. The van der Waals surface area contributed by atoms with Crippen LogP contribution in [-0.4, -0.2) is 44.0 Å². The Morgan fingerprint density at radius 3 is 2.76 bits per heavy atom. The molecule has 0 saturated carbocycles. The van der Waals surface area contributed by atoms with Crippen molar-refractivity contribution in [1.29, 1.82) is 0 Å². The maximum Gasteiger partial charge on any atom is 0.253 e. The molecule has 1 amide bonds. The van der Waals surface area contributed by atoms with Gasteiger partial charge in [0.2, 0.25) is 0 Å². The van der Waals surface area contributed by atoms with Crippen LogP contribution >= 0.6 is 0 Å². The summed E-state index contributed by atoms with van der Waals surface area (Å²) in [7, 11) is 2.16. The van der Waals surface area contributed by atoms with Crippen molar-refractivity contribution in [1.82, 2.24) is 10.2 Å². The molecule has 4 N–H and O–H groups in total. The minimum Gasteiger partial charge on any atom is -0.399 e. The molecule has 1 fully saturated rings. The molecule has 0 radical (unpaired) electrons. The van der Waals surface area contributed by atoms with E-state index < -0.39 is 0 Å². The van der Waals surface area contributed by atoms with Gasteiger partial charge in [0.25, 0.3) is 5.91 Å². The monoisotopic (exact) mass is 290 g/mol. The highest BCUT2D eigenvalue weighted by Gasteiger charge is 2.17. The molecule has 0 atom stereocenters. The quantitative estimate of drug-likeness (QED) is 0.723. The molecule has 5 nitrogen and oxygen atoms in total. The number of piperidine rings is 1. The summed E-state index contributed by atoms with van der Waals surface area (Å²) in [4.78, 5) is 14.4. The van der Waals surface area contributed by atoms with Crippen LogP contribution in [0, 0.1) is 5.92 Å². The third-order valence-corrected chi connectivity index (χ3v) is 4.04. The van der Waals surface area contributed by atoms with E-state index in [2.05, 4.69) is 22.6 Å². The number of hydrogen-bond donors (Lipinski definition) is 3. The Morgan fingerprint density at radius 1 is 1.38 bits per heavy atom. The summed E-state index contributed by atoms with van der Waals surface area (Å²) < 4.78 is 0. The van der Waals surface area contributed by atoms with Crippen molar-refractivity contribution in [3.63, 3.8) is 0 Å². The minimum atomic E-state index is -0.0524. The first-order valence-corrected chi connectivity index (χ1v) is 7.70. The summed E-state index contributed by atoms with van der Waals surface area (Å²) >= 11 is 0. The molecule has 5 heteroatoms. The van der Waals surface area contributed by atoms with E-state index in [-0.39, 0.29) is 5.91 Å². The Kier molecular flexibility index (Phi) is 5.44. The summed E-state index contributed by atoms with van der Waals surface area (Å²) in [5.41, 5.74) is 8.02. The maximum absolute atomic E-state index is 12.1. The van der Waals surface area contributed by atoms with E-state index in [1.807, 2.05) is 13.0 Å². The second-order valence-corrected chi connectivity index (χ2v) is 5.79. The third kappa shape index (κ3) is 4.36. The van der Waals surface area contributed by atoms with Crippen molar-refractivity contribution in [2.24, 2.45) is 5.92 Å². The number of nitrogens with one attached hydrogen (secondary N) is 2. The Balaban J connectivity index is 2.01. The largest absolute Gasteiger partial charge is 0.399 e. The fraction of sp³-hybridized carbons (Fsp3) is 0.562.